The zero-order chi connectivity index (χ0) is 25.5. The van der Waals surface area contributed by atoms with Crippen LogP contribution in [-0.4, -0.2) is 30.4 Å². The molecule has 1 aliphatic carbocycles. The third kappa shape index (κ3) is 5.03. The number of rotatable bonds is 7. The first kappa shape index (κ1) is 24.6. The number of benzene rings is 2. The molecule has 1 amide bonds. The first-order valence-electron chi connectivity index (χ1n) is 12.6. The first-order valence-corrected chi connectivity index (χ1v) is 13.4. The summed E-state index contributed by atoms with van der Waals surface area (Å²) in [5, 5.41) is 8.22. The molecule has 0 radical (unpaired) electrons. The lowest BCUT2D eigenvalue weighted by Gasteiger charge is -2.34. The van der Waals surface area contributed by atoms with Crippen LogP contribution in [0, 0.1) is 6.92 Å². The number of halogens is 2. The molecule has 2 N–H and O–H groups in total. The number of piperidine rings is 1. The second-order valence-electron chi connectivity index (χ2n) is 9.87. The Labute approximate surface area is 225 Å². The minimum Gasteiger partial charge on any atom is -0.373 e. The van der Waals surface area contributed by atoms with Crippen LogP contribution in [0.5, 0.6) is 0 Å². The van der Waals surface area contributed by atoms with Gasteiger partial charge in [0.2, 0.25) is 0 Å². The summed E-state index contributed by atoms with van der Waals surface area (Å²) in [6.07, 6.45) is 3.39. The Morgan fingerprint density at radius 3 is 2.51 bits per heavy atom. The number of hydrogen-bond donors (Lipinski definition) is 2. The number of aryl methyl sites for hydroxylation is 1. The molecule has 2 aliphatic heterocycles. The van der Waals surface area contributed by atoms with E-state index < -0.39 is 6.09 Å². The van der Waals surface area contributed by atoms with Crippen molar-refractivity contribution in [2.75, 3.05) is 18.0 Å². The molecule has 10 heteroatoms. The Morgan fingerprint density at radius 1 is 1.11 bits per heavy atom. The van der Waals surface area contributed by atoms with Gasteiger partial charge in [0.15, 0.2) is 0 Å². The second kappa shape index (κ2) is 10.2. The van der Waals surface area contributed by atoms with Gasteiger partial charge < -0.3 is 19.0 Å². The van der Waals surface area contributed by atoms with Crippen molar-refractivity contribution in [3.63, 3.8) is 0 Å². The smallest absolute Gasteiger partial charge is 0.373 e. The van der Waals surface area contributed by atoms with Gasteiger partial charge in [0, 0.05) is 35.8 Å². The minimum atomic E-state index is -0.465. The summed E-state index contributed by atoms with van der Waals surface area (Å²) in [5.74, 6) is 1.30. The predicted molar refractivity (Wildman–Crippen MR) is 141 cm³/mol. The van der Waals surface area contributed by atoms with Gasteiger partial charge in [-0.25, -0.2) is 4.79 Å². The molecule has 1 saturated carbocycles. The van der Waals surface area contributed by atoms with Gasteiger partial charge in [0.25, 0.3) is 0 Å². The molecular formula is C27H28Cl2N4O4. The van der Waals surface area contributed by atoms with Gasteiger partial charge in [0.05, 0.1) is 22.8 Å². The van der Waals surface area contributed by atoms with Crippen LogP contribution in [0.2, 0.25) is 10.0 Å². The molecule has 3 fully saturated rings. The SMILES string of the molecule is Cc1cc(N2CCC(OCc3c(-c4c(Cl)cccc4Cl)noc3C3CC3)CC2)ccc1C1NOC(=O)N1. The van der Waals surface area contributed by atoms with E-state index in [1.54, 1.807) is 0 Å². The number of hydroxylamine groups is 1. The Kier molecular flexibility index (Phi) is 6.75. The summed E-state index contributed by atoms with van der Waals surface area (Å²) >= 11 is 13.0. The second-order valence-corrected chi connectivity index (χ2v) is 10.7. The Bertz CT molecular complexity index is 1300. The van der Waals surface area contributed by atoms with E-state index in [4.69, 9.17) is 37.3 Å². The summed E-state index contributed by atoms with van der Waals surface area (Å²) < 4.78 is 12.2. The number of hydrogen-bond acceptors (Lipinski definition) is 7. The zero-order valence-electron chi connectivity index (χ0n) is 20.4. The molecule has 6 rings (SSSR count). The number of carbonyl (C=O) groups excluding carboxylic acids is 1. The standard InChI is InChI=1S/C27H28Cl2N4O4/c1-15-13-17(7-8-19(15)26-30-27(34)37-32-26)33-11-9-18(10-12-33)35-14-20-24(31-36-25(20)16-5-6-16)23-21(28)3-2-4-22(23)29/h2-4,7-8,13,16,18,26,32H,5-6,9-12,14H2,1H3,(H,30,34). The molecule has 194 valence electrons. The number of ether oxygens (including phenoxy) is 1. The van der Waals surface area contributed by atoms with E-state index in [9.17, 15) is 4.79 Å². The van der Waals surface area contributed by atoms with E-state index in [1.165, 1.54) is 0 Å². The summed E-state index contributed by atoms with van der Waals surface area (Å²) in [4.78, 5) is 18.5. The quantitative estimate of drug-likeness (QED) is 0.364. The van der Waals surface area contributed by atoms with Crippen LogP contribution in [0.3, 0.4) is 0 Å². The molecule has 2 saturated heterocycles. The fourth-order valence-corrected chi connectivity index (χ4v) is 5.72. The molecule has 3 heterocycles. The highest BCUT2D eigenvalue weighted by atomic mass is 35.5. The van der Waals surface area contributed by atoms with Crippen LogP contribution in [0.4, 0.5) is 10.5 Å². The lowest BCUT2D eigenvalue weighted by molar-refractivity contribution is 0.0246. The molecule has 3 aromatic rings. The van der Waals surface area contributed by atoms with Gasteiger partial charge in [-0.05, 0) is 68.0 Å². The van der Waals surface area contributed by atoms with E-state index in [0.717, 1.165) is 66.9 Å². The highest BCUT2D eigenvalue weighted by molar-refractivity contribution is 6.39. The third-order valence-electron chi connectivity index (χ3n) is 7.33. The van der Waals surface area contributed by atoms with Crippen molar-refractivity contribution in [2.45, 2.75) is 57.4 Å². The van der Waals surface area contributed by atoms with E-state index >= 15 is 0 Å². The Balaban J connectivity index is 1.11. The van der Waals surface area contributed by atoms with Gasteiger partial charge in [-0.15, -0.1) is 5.48 Å². The summed E-state index contributed by atoms with van der Waals surface area (Å²) in [7, 11) is 0. The van der Waals surface area contributed by atoms with Gasteiger partial charge in [-0.1, -0.05) is 40.5 Å². The van der Waals surface area contributed by atoms with Crippen molar-refractivity contribution in [1.29, 1.82) is 0 Å². The lowest BCUT2D eigenvalue weighted by atomic mass is 10.0. The van der Waals surface area contributed by atoms with Crippen LogP contribution >= 0.6 is 23.2 Å². The summed E-state index contributed by atoms with van der Waals surface area (Å²) in [5.41, 5.74) is 8.30. The van der Waals surface area contributed by atoms with E-state index in [2.05, 4.69) is 33.0 Å². The lowest BCUT2D eigenvalue weighted by Crippen LogP contribution is -2.37. The number of anilines is 1. The first-order chi connectivity index (χ1) is 18.0. The average Bonchev–Trinajstić information content (AvgIpc) is 3.52. The van der Waals surface area contributed by atoms with Gasteiger partial charge in [-0.3, -0.25) is 5.32 Å². The number of nitrogens with zero attached hydrogens (tertiary/aromatic N) is 2. The number of amides is 1. The summed E-state index contributed by atoms with van der Waals surface area (Å²) in [6.45, 7) is 4.26. The van der Waals surface area contributed by atoms with Crippen LogP contribution in [-0.2, 0) is 16.2 Å². The normalized spacial score (nSPS) is 20.2. The maximum Gasteiger partial charge on any atom is 0.427 e. The van der Waals surface area contributed by atoms with Crippen molar-refractivity contribution in [1.82, 2.24) is 16.0 Å². The zero-order valence-corrected chi connectivity index (χ0v) is 21.9. The largest absolute Gasteiger partial charge is 0.427 e. The van der Waals surface area contributed by atoms with Crippen molar-refractivity contribution in [2.24, 2.45) is 0 Å². The van der Waals surface area contributed by atoms with Crippen molar-refractivity contribution in [3.8, 4) is 11.3 Å². The summed E-state index contributed by atoms with van der Waals surface area (Å²) in [6, 6.07) is 11.7. The molecule has 2 aromatic carbocycles. The van der Waals surface area contributed by atoms with Crippen LogP contribution in [0.25, 0.3) is 11.3 Å². The van der Waals surface area contributed by atoms with Crippen molar-refractivity contribution >= 4 is 35.0 Å². The molecule has 3 aliphatic rings. The third-order valence-corrected chi connectivity index (χ3v) is 7.96. The number of aromatic nitrogens is 1. The molecular weight excluding hydrogens is 515 g/mol. The molecule has 1 aromatic heterocycles. The van der Waals surface area contributed by atoms with Crippen molar-refractivity contribution in [3.05, 3.63) is 68.9 Å². The highest BCUT2D eigenvalue weighted by Crippen LogP contribution is 2.46. The van der Waals surface area contributed by atoms with Crippen LogP contribution in [0.15, 0.2) is 40.9 Å². The van der Waals surface area contributed by atoms with Gasteiger partial charge >= 0.3 is 6.09 Å². The maximum absolute atomic E-state index is 11.4. The molecule has 37 heavy (non-hydrogen) atoms. The Morgan fingerprint density at radius 2 is 1.86 bits per heavy atom. The van der Waals surface area contributed by atoms with Gasteiger partial charge in [-0.2, -0.15) is 0 Å². The predicted octanol–water partition coefficient (Wildman–Crippen LogP) is 6.26. The molecule has 1 unspecified atom stereocenters. The maximum atomic E-state index is 11.4. The number of nitrogens with one attached hydrogen (secondary N) is 2. The monoisotopic (exact) mass is 542 g/mol. The molecule has 0 bridgehead atoms. The van der Waals surface area contributed by atoms with Gasteiger partial charge in [0.1, 0.15) is 17.6 Å². The fourth-order valence-electron chi connectivity index (χ4n) is 5.14. The van der Waals surface area contributed by atoms with Crippen LogP contribution < -0.4 is 15.7 Å². The average molecular weight is 543 g/mol. The van der Waals surface area contributed by atoms with E-state index in [0.29, 0.717) is 33.8 Å². The van der Waals surface area contributed by atoms with Crippen LogP contribution in [0.1, 0.15) is 60.2 Å². The minimum absolute atomic E-state index is 0.142. The fraction of sp³-hybridized carbons (Fsp3) is 0.407. The molecule has 0 spiro atoms. The Hall–Kier alpha value is -2.78. The van der Waals surface area contributed by atoms with Crippen molar-refractivity contribution < 1.29 is 18.9 Å². The van der Waals surface area contributed by atoms with E-state index in [-0.39, 0.29) is 12.3 Å². The topological polar surface area (TPSA) is 88.9 Å². The number of carbonyl (C=O) groups is 1. The molecule has 8 nitrogen and oxygen atoms in total. The highest BCUT2D eigenvalue weighted by Gasteiger charge is 2.34. The van der Waals surface area contributed by atoms with E-state index in [1.807, 2.05) is 31.2 Å². The molecule has 1 atom stereocenters.